The molecule has 5 nitrogen and oxygen atoms in total. The molecule has 0 unspecified atom stereocenters. The average Bonchev–Trinajstić information content (AvgIpc) is 2.85. The Morgan fingerprint density at radius 2 is 2.14 bits per heavy atom. The van der Waals surface area contributed by atoms with E-state index >= 15 is 0 Å². The Labute approximate surface area is 125 Å². The third-order valence-corrected chi connectivity index (χ3v) is 4.45. The second-order valence-electron chi connectivity index (χ2n) is 5.04. The Bertz CT molecular complexity index is 689. The summed E-state index contributed by atoms with van der Waals surface area (Å²) in [5.74, 6) is 2.60. The molecule has 21 heavy (non-hydrogen) atoms. The van der Waals surface area contributed by atoms with Crippen molar-refractivity contribution < 1.29 is 13.2 Å². The Balaban J connectivity index is 2.09. The number of hydrogen-bond donors (Lipinski definition) is 1. The lowest BCUT2D eigenvalue weighted by Crippen LogP contribution is -2.28. The standard InChI is InChI=1S/C15H18N2O3S/c1-2-3-4-5-6-15(18)17-10-9-12-11-13(21(16,19)20)7-8-14(12)17/h1,7-8,11H,3-6,9-10H2,(H2,16,19,20). The Morgan fingerprint density at radius 1 is 1.38 bits per heavy atom. The van der Waals surface area contributed by atoms with Gasteiger partial charge in [0.25, 0.3) is 0 Å². The second-order valence-corrected chi connectivity index (χ2v) is 6.60. The quantitative estimate of drug-likeness (QED) is 0.660. The molecular formula is C15H18N2O3S. The average molecular weight is 306 g/mol. The SMILES string of the molecule is C#CCCCCC(=O)N1CCc2cc(S(N)(=O)=O)ccc21. The molecule has 0 saturated carbocycles. The van der Waals surface area contributed by atoms with E-state index < -0.39 is 10.0 Å². The van der Waals surface area contributed by atoms with Crippen molar-refractivity contribution in [3.63, 3.8) is 0 Å². The minimum Gasteiger partial charge on any atom is -0.312 e. The van der Waals surface area contributed by atoms with E-state index in [1.54, 1.807) is 17.0 Å². The topological polar surface area (TPSA) is 80.5 Å². The fourth-order valence-electron chi connectivity index (χ4n) is 2.45. The first-order chi connectivity index (χ1) is 9.93. The highest BCUT2D eigenvalue weighted by Crippen LogP contribution is 2.30. The van der Waals surface area contributed by atoms with Crippen LogP contribution in [0, 0.1) is 12.3 Å². The number of rotatable bonds is 5. The number of carbonyl (C=O) groups excluding carboxylic acids is 1. The van der Waals surface area contributed by atoms with E-state index in [2.05, 4.69) is 5.92 Å². The third kappa shape index (κ3) is 3.63. The summed E-state index contributed by atoms with van der Waals surface area (Å²) in [7, 11) is -3.70. The fraction of sp³-hybridized carbons (Fsp3) is 0.400. The monoisotopic (exact) mass is 306 g/mol. The highest BCUT2D eigenvalue weighted by Gasteiger charge is 2.25. The van der Waals surface area contributed by atoms with Crippen LogP contribution in [0.15, 0.2) is 23.1 Å². The highest BCUT2D eigenvalue weighted by atomic mass is 32.2. The molecule has 1 aromatic carbocycles. The zero-order valence-corrected chi connectivity index (χ0v) is 12.5. The van der Waals surface area contributed by atoms with Gasteiger partial charge in [-0.05, 0) is 43.0 Å². The Kier molecular flexibility index (Phi) is 4.66. The molecule has 0 fully saturated rings. The van der Waals surface area contributed by atoms with Crippen LogP contribution in [-0.2, 0) is 21.2 Å². The molecule has 0 radical (unpaired) electrons. The normalized spacial score (nSPS) is 13.8. The highest BCUT2D eigenvalue weighted by molar-refractivity contribution is 7.89. The van der Waals surface area contributed by atoms with Crippen molar-refractivity contribution in [2.45, 2.75) is 37.0 Å². The molecule has 1 aliphatic heterocycles. The summed E-state index contributed by atoms with van der Waals surface area (Å²) in [6.07, 6.45) is 8.57. The van der Waals surface area contributed by atoms with Crippen LogP contribution in [0.1, 0.15) is 31.2 Å². The zero-order chi connectivity index (χ0) is 15.5. The molecule has 2 rings (SSSR count). The van der Waals surface area contributed by atoms with Crippen LogP contribution in [0.2, 0.25) is 0 Å². The molecule has 2 N–H and O–H groups in total. The smallest absolute Gasteiger partial charge is 0.238 e. The lowest BCUT2D eigenvalue weighted by atomic mass is 10.1. The van der Waals surface area contributed by atoms with E-state index in [0.29, 0.717) is 25.8 Å². The molecule has 1 aliphatic rings. The molecule has 0 bridgehead atoms. The fourth-order valence-corrected chi connectivity index (χ4v) is 3.02. The third-order valence-electron chi connectivity index (χ3n) is 3.54. The molecule has 0 saturated heterocycles. The first-order valence-corrected chi connectivity index (χ1v) is 8.37. The minimum atomic E-state index is -3.70. The van der Waals surface area contributed by atoms with Crippen LogP contribution in [0.3, 0.4) is 0 Å². The number of unbranched alkanes of at least 4 members (excludes halogenated alkanes) is 2. The van der Waals surface area contributed by atoms with Gasteiger partial charge in [-0.25, -0.2) is 13.6 Å². The van der Waals surface area contributed by atoms with Crippen LogP contribution < -0.4 is 10.0 Å². The van der Waals surface area contributed by atoms with E-state index in [9.17, 15) is 13.2 Å². The van der Waals surface area contributed by atoms with E-state index in [1.807, 2.05) is 0 Å². The van der Waals surface area contributed by atoms with Gasteiger partial charge in [0.1, 0.15) is 0 Å². The number of hydrogen-bond acceptors (Lipinski definition) is 3. The minimum absolute atomic E-state index is 0.0501. The summed E-state index contributed by atoms with van der Waals surface area (Å²) >= 11 is 0. The number of benzene rings is 1. The largest absolute Gasteiger partial charge is 0.312 e. The number of amides is 1. The number of nitrogens with zero attached hydrogens (tertiary/aromatic N) is 1. The van der Waals surface area contributed by atoms with Crippen LogP contribution in [0.4, 0.5) is 5.69 Å². The van der Waals surface area contributed by atoms with Crippen molar-refractivity contribution in [3.05, 3.63) is 23.8 Å². The van der Waals surface area contributed by atoms with E-state index in [-0.39, 0.29) is 10.8 Å². The van der Waals surface area contributed by atoms with Gasteiger partial charge in [0.15, 0.2) is 0 Å². The van der Waals surface area contributed by atoms with Crippen molar-refractivity contribution in [2.75, 3.05) is 11.4 Å². The maximum atomic E-state index is 12.2. The van der Waals surface area contributed by atoms with Gasteiger partial charge in [0.05, 0.1) is 4.90 Å². The van der Waals surface area contributed by atoms with E-state index in [0.717, 1.165) is 24.1 Å². The van der Waals surface area contributed by atoms with Gasteiger partial charge in [0, 0.05) is 25.1 Å². The number of terminal acetylenes is 1. The number of nitrogens with two attached hydrogens (primary N) is 1. The molecule has 1 heterocycles. The number of anilines is 1. The predicted molar refractivity (Wildman–Crippen MR) is 81.2 cm³/mol. The van der Waals surface area contributed by atoms with E-state index in [1.165, 1.54) is 6.07 Å². The van der Waals surface area contributed by atoms with Crippen LogP contribution in [-0.4, -0.2) is 20.9 Å². The first-order valence-electron chi connectivity index (χ1n) is 6.83. The second kappa shape index (κ2) is 6.29. The summed E-state index contributed by atoms with van der Waals surface area (Å²) in [5.41, 5.74) is 1.63. The van der Waals surface area contributed by atoms with Gasteiger partial charge in [0.2, 0.25) is 15.9 Å². The first kappa shape index (κ1) is 15.5. The van der Waals surface area contributed by atoms with Gasteiger partial charge in [-0.1, -0.05) is 0 Å². The van der Waals surface area contributed by atoms with Crippen molar-refractivity contribution in [1.82, 2.24) is 0 Å². The van der Waals surface area contributed by atoms with Gasteiger partial charge < -0.3 is 4.90 Å². The molecule has 1 amide bonds. The summed E-state index contributed by atoms with van der Waals surface area (Å²) in [6, 6.07) is 4.65. The van der Waals surface area contributed by atoms with Gasteiger partial charge in [-0.2, -0.15) is 0 Å². The predicted octanol–water partition coefficient (Wildman–Crippen LogP) is 1.42. The number of sulfonamides is 1. The molecule has 0 spiro atoms. The van der Waals surface area contributed by atoms with Crippen LogP contribution in [0.5, 0.6) is 0 Å². The molecule has 0 aromatic heterocycles. The zero-order valence-electron chi connectivity index (χ0n) is 11.7. The lowest BCUT2D eigenvalue weighted by Gasteiger charge is -2.17. The number of carbonyl (C=O) groups is 1. The number of fused-ring (bicyclic) bond motifs is 1. The molecule has 0 atom stereocenters. The van der Waals surface area contributed by atoms with Crippen molar-refractivity contribution in [1.29, 1.82) is 0 Å². The van der Waals surface area contributed by atoms with Crippen LogP contribution in [0.25, 0.3) is 0 Å². The molecule has 112 valence electrons. The van der Waals surface area contributed by atoms with Gasteiger partial charge in [-0.3, -0.25) is 4.79 Å². The lowest BCUT2D eigenvalue weighted by molar-refractivity contribution is -0.118. The molecule has 6 heteroatoms. The number of primary sulfonamides is 1. The molecule has 1 aromatic rings. The Morgan fingerprint density at radius 3 is 2.81 bits per heavy atom. The summed E-state index contributed by atoms with van der Waals surface area (Å²) in [6.45, 7) is 0.581. The summed E-state index contributed by atoms with van der Waals surface area (Å²) < 4.78 is 22.7. The maximum Gasteiger partial charge on any atom is 0.238 e. The maximum absolute atomic E-state index is 12.2. The van der Waals surface area contributed by atoms with Crippen molar-refractivity contribution in [3.8, 4) is 12.3 Å². The summed E-state index contributed by atoms with van der Waals surface area (Å²) in [5, 5.41) is 5.12. The van der Waals surface area contributed by atoms with Crippen molar-refractivity contribution in [2.24, 2.45) is 5.14 Å². The molecule has 0 aliphatic carbocycles. The Hall–Kier alpha value is -1.84. The van der Waals surface area contributed by atoms with E-state index in [4.69, 9.17) is 11.6 Å². The van der Waals surface area contributed by atoms with Gasteiger partial charge in [-0.15, -0.1) is 12.3 Å². The summed E-state index contributed by atoms with van der Waals surface area (Å²) in [4.78, 5) is 14.0. The van der Waals surface area contributed by atoms with Crippen molar-refractivity contribution >= 4 is 21.6 Å². The van der Waals surface area contributed by atoms with Crippen LogP contribution >= 0.6 is 0 Å². The van der Waals surface area contributed by atoms with Gasteiger partial charge >= 0.3 is 0 Å². The molecular weight excluding hydrogens is 288 g/mol.